The molecule has 1 aromatic carbocycles. The van der Waals surface area contributed by atoms with E-state index in [2.05, 4.69) is 45.9 Å². The molecule has 2 heteroatoms. The van der Waals surface area contributed by atoms with E-state index in [4.69, 9.17) is 10.5 Å². The van der Waals surface area contributed by atoms with Gasteiger partial charge in [-0.25, -0.2) is 0 Å². The molecule has 0 aliphatic heterocycles. The summed E-state index contributed by atoms with van der Waals surface area (Å²) in [6, 6.07) is 6.22. The summed E-state index contributed by atoms with van der Waals surface area (Å²) in [5.74, 6) is 0.417. The molecule has 0 amide bonds. The smallest absolute Gasteiger partial charge is 0.0786 e. The molecule has 0 heterocycles. The van der Waals surface area contributed by atoms with Crippen LogP contribution in [0.2, 0.25) is 0 Å². The lowest BCUT2D eigenvalue weighted by atomic mass is 9.90. The van der Waals surface area contributed by atoms with Crippen LogP contribution in [0.25, 0.3) is 0 Å². The van der Waals surface area contributed by atoms with Crippen LogP contribution in [0.3, 0.4) is 0 Å². The lowest BCUT2D eigenvalue weighted by Gasteiger charge is -2.27. The molecule has 0 bridgehead atoms. The summed E-state index contributed by atoms with van der Waals surface area (Å²) in [5, 5.41) is 0. The molecule has 0 aromatic heterocycles. The highest BCUT2D eigenvalue weighted by atomic mass is 16.5. The van der Waals surface area contributed by atoms with Crippen LogP contribution in [0, 0.1) is 19.8 Å². The minimum absolute atomic E-state index is 0.0510. The van der Waals surface area contributed by atoms with Crippen molar-refractivity contribution in [3.05, 3.63) is 34.9 Å². The number of nitrogens with two attached hydrogens (primary N) is 1. The average molecular weight is 221 g/mol. The number of aryl methyl sites for hydroxylation is 1. The molecule has 16 heavy (non-hydrogen) atoms. The van der Waals surface area contributed by atoms with E-state index in [0.29, 0.717) is 5.92 Å². The lowest BCUT2D eigenvalue weighted by Crippen LogP contribution is -2.33. The Hall–Kier alpha value is -0.860. The second kappa shape index (κ2) is 5.46. The van der Waals surface area contributed by atoms with Gasteiger partial charge in [0, 0.05) is 7.11 Å². The fourth-order valence-corrected chi connectivity index (χ4v) is 2.15. The Morgan fingerprint density at radius 2 is 1.81 bits per heavy atom. The summed E-state index contributed by atoms with van der Waals surface area (Å²) in [6.45, 7) is 8.51. The van der Waals surface area contributed by atoms with Crippen molar-refractivity contribution in [2.24, 2.45) is 11.7 Å². The maximum Gasteiger partial charge on any atom is 0.0786 e. The Bertz CT molecular complexity index is 347. The van der Waals surface area contributed by atoms with E-state index in [1.165, 1.54) is 16.7 Å². The van der Waals surface area contributed by atoms with Gasteiger partial charge in [-0.15, -0.1) is 0 Å². The lowest BCUT2D eigenvalue weighted by molar-refractivity contribution is 0.0435. The fraction of sp³-hybridized carbons (Fsp3) is 0.571. The van der Waals surface area contributed by atoms with E-state index >= 15 is 0 Å². The van der Waals surface area contributed by atoms with E-state index in [1.807, 2.05) is 0 Å². The zero-order valence-electron chi connectivity index (χ0n) is 10.9. The quantitative estimate of drug-likeness (QED) is 0.848. The zero-order valence-corrected chi connectivity index (χ0v) is 10.9. The SMILES string of the molecule is COC(C(C)C)C(N)c1cccc(C)c1C. The van der Waals surface area contributed by atoms with Gasteiger partial charge in [-0.2, -0.15) is 0 Å². The minimum atomic E-state index is -0.0510. The Balaban J connectivity index is 3.03. The van der Waals surface area contributed by atoms with Gasteiger partial charge in [-0.1, -0.05) is 32.0 Å². The van der Waals surface area contributed by atoms with E-state index in [0.717, 1.165) is 0 Å². The maximum atomic E-state index is 6.30. The predicted molar refractivity (Wildman–Crippen MR) is 68.5 cm³/mol. The number of methoxy groups -OCH3 is 1. The Morgan fingerprint density at radius 1 is 1.19 bits per heavy atom. The van der Waals surface area contributed by atoms with Crippen molar-refractivity contribution >= 4 is 0 Å². The molecule has 90 valence electrons. The first kappa shape index (κ1) is 13.2. The van der Waals surface area contributed by atoms with Crippen LogP contribution < -0.4 is 5.73 Å². The summed E-state index contributed by atoms with van der Waals surface area (Å²) < 4.78 is 5.50. The standard InChI is InChI=1S/C14H23NO/c1-9(2)14(16-5)13(15)12-8-6-7-10(3)11(12)4/h6-9,13-14H,15H2,1-5H3. The number of ether oxygens (including phenoxy) is 1. The van der Waals surface area contributed by atoms with Crippen molar-refractivity contribution in [1.29, 1.82) is 0 Å². The Labute approximate surface area is 98.8 Å². The van der Waals surface area contributed by atoms with Crippen molar-refractivity contribution < 1.29 is 4.74 Å². The highest BCUT2D eigenvalue weighted by Gasteiger charge is 2.23. The first-order chi connectivity index (χ1) is 7.49. The maximum absolute atomic E-state index is 6.30. The van der Waals surface area contributed by atoms with E-state index in [-0.39, 0.29) is 12.1 Å². The van der Waals surface area contributed by atoms with Crippen molar-refractivity contribution in [2.45, 2.75) is 39.8 Å². The molecule has 2 atom stereocenters. The second-order valence-electron chi connectivity index (χ2n) is 4.76. The van der Waals surface area contributed by atoms with Gasteiger partial charge >= 0.3 is 0 Å². The van der Waals surface area contributed by atoms with Crippen LogP contribution >= 0.6 is 0 Å². The third kappa shape index (κ3) is 2.63. The largest absolute Gasteiger partial charge is 0.379 e. The first-order valence-corrected chi connectivity index (χ1v) is 5.83. The molecule has 2 nitrogen and oxygen atoms in total. The Morgan fingerprint density at radius 3 is 2.31 bits per heavy atom. The van der Waals surface area contributed by atoms with Crippen molar-refractivity contribution in [2.75, 3.05) is 7.11 Å². The molecule has 0 aliphatic carbocycles. The highest BCUT2D eigenvalue weighted by molar-refractivity contribution is 5.35. The average Bonchev–Trinajstić information content (AvgIpc) is 2.22. The second-order valence-corrected chi connectivity index (χ2v) is 4.76. The van der Waals surface area contributed by atoms with Crippen LogP contribution in [0.4, 0.5) is 0 Å². The first-order valence-electron chi connectivity index (χ1n) is 5.83. The fourth-order valence-electron chi connectivity index (χ4n) is 2.15. The van der Waals surface area contributed by atoms with Crippen molar-refractivity contribution in [3.63, 3.8) is 0 Å². The van der Waals surface area contributed by atoms with Crippen LogP contribution in [0.5, 0.6) is 0 Å². The third-order valence-corrected chi connectivity index (χ3v) is 3.29. The van der Waals surface area contributed by atoms with Gasteiger partial charge < -0.3 is 10.5 Å². The van der Waals surface area contributed by atoms with Gasteiger partial charge in [0.1, 0.15) is 0 Å². The summed E-state index contributed by atoms with van der Waals surface area (Å²) in [7, 11) is 1.73. The van der Waals surface area contributed by atoms with E-state index < -0.39 is 0 Å². The summed E-state index contributed by atoms with van der Waals surface area (Å²) in [4.78, 5) is 0. The van der Waals surface area contributed by atoms with E-state index in [9.17, 15) is 0 Å². The summed E-state index contributed by atoms with van der Waals surface area (Å²) in [5.41, 5.74) is 10.0. The molecule has 1 aromatic rings. The molecular formula is C14H23NO. The van der Waals surface area contributed by atoms with Crippen LogP contribution in [0.15, 0.2) is 18.2 Å². The van der Waals surface area contributed by atoms with Gasteiger partial charge in [-0.3, -0.25) is 0 Å². The minimum Gasteiger partial charge on any atom is -0.379 e. The van der Waals surface area contributed by atoms with Gasteiger partial charge in [0.15, 0.2) is 0 Å². The monoisotopic (exact) mass is 221 g/mol. The van der Waals surface area contributed by atoms with Gasteiger partial charge in [0.05, 0.1) is 12.1 Å². The zero-order chi connectivity index (χ0) is 12.3. The number of hydrogen-bond acceptors (Lipinski definition) is 2. The van der Waals surface area contributed by atoms with Crippen LogP contribution in [-0.2, 0) is 4.74 Å². The molecule has 0 fully saturated rings. The number of hydrogen-bond donors (Lipinski definition) is 1. The molecule has 0 saturated carbocycles. The predicted octanol–water partition coefficient (Wildman–Crippen LogP) is 2.97. The molecule has 1 rings (SSSR count). The summed E-state index contributed by atoms with van der Waals surface area (Å²) in [6.07, 6.45) is 0.0699. The topological polar surface area (TPSA) is 35.2 Å². The Kier molecular flexibility index (Phi) is 4.51. The summed E-state index contributed by atoms with van der Waals surface area (Å²) >= 11 is 0. The molecule has 0 aliphatic rings. The molecule has 2 N–H and O–H groups in total. The van der Waals surface area contributed by atoms with Gasteiger partial charge in [0.2, 0.25) is 0 Å². The van der Waals surface area contributed by atoms with Gasteiger partial charge in [0.25, 0.3) is 0 Å². The third-order valence-electron chi connectivity index (χ3n) is 3.29. The number of benzene rings is 1. The molecule has 0 radical (unpaired) electrons. The molecule has 0 saturated heterocycles. The van der Waals surface area contributed by atoms with Crippen LogP contribution in [-0.4, -0.2) is 13.2 Å². The van der Waals surface area contributed by atoms with Crippen molar-refractivity contribution in [1.82, 2.24) is 0 Å². The van der Waals surface area contributed by atoms with Crippen LogP contribution in [0.1, 0.15) is 36.6 Å². The highest BCUT2D eigenvalue weighted by Crippen LogP contribution is 2.25. The van der Waals surface area contributed by atoms with E-state index in [1.54, 1.807) is 7.11 Å². The molecule has 0 spiro atoms. The molecule has 2 unspecified atom stereocenters. The normalized spacial score (nSPS) is 15.2. The van der Waals surface area contributed by atoms with Gasteiger partial charge in [-0.05, 0) is 36.5 Å². The number of rotatable bonds is 4. The van der Waals surface area contributed by atoms with Crippen molar-refractivity contribution in [3.8, 4) is 0 Å². The molecular weight excluding hydrogens is 198 g/mol.